The first-order valence-corrected chi connectivity index (χ1v) is 8.00. The van der Waals surface area contributed by atoms with Gasteiger partial charge < -0.3 is 19.9 Å². The molecule has 2 aliphatic heterocycles. The summed E-state index contributed by atoms with van der Waals surface area (Å²) in [5.74, 6) is 0.0540. The molecule has 5 heteroatoms. The Balaban J connectivity index is 1.47. The molecule has 0 spiro atoms. The lowest BCUT2D eigenvalue weighted by atomic mass is 9.99. The Hall–Kier alpha value is -1.33. The number of nitrogens with one attached hydrogen (secondary N) is 2. The second kappa shape index (κ2) is 6.62. The average molecular weight is 291 g/mol. The van der Waals surface area contributed by atoms with E-state index in [9.17, 15) is 4.79 Å². The Morgan fingerprint density at radius 2 is 2.00 bits per heavy atom. The van der Waals surface area contributed by atoms with Gasteiger partial charge in [-0.1, -0.05) is 0 Å². The molecule has 2 aliphatic rings. The van der Waals surface area contributed by atoms with Crippen molar-refractivity contribution in [2.45, 2.75) is 44.7 Å². The van der Waals surface area contributed by atoms with Crippen LogP contribution in [0.2, 0.25) is 0 Å². The van der Waals surface area contributed by atoms with E-state index < -0.39 is 0 Å². The van der Waals surface area contributed by atoms with E-state index in [-0.39, 0.29) is 5.91 Å². The van der Waals surface area contributed by atoms with E-state index in [1.807, 2.05) is 19.2 Å². The van der Waals surface area contributed by atoms with Crippen LogP contribution in [0.25, 0.3) is 0 Å². The maximum Gasteiger partial charge on any atom is 0.253 e. The van der Waals surface area contributed by atoms with Gasteiger partial charge in [-0.25, -0.2) is 0 Å². The average Bonchev–Trinajstić information content (AvgIpc) is 2.95. The highest BCUT2D eigenvalue weighted by Gasteiger charge is 2.27. The number of likely N-dealkylation sites (tertiary alicyclic amines) is 1. The molecule has 0 aliphatic carbocycles. The van der Waals surface area contributed by atoms with Crippen LogP contribution in [-0.4, -0.2) is 54.2 Å². The maximum atomic E-state index is 12.2. The molecule has 1 aromatic rings. The molecule has 1 aromatic heterocycles. The van der Waals surface area contributed by atoms with E-state index >= 15 is 0 Å². The standard InChI is InChI=1S/C16H25N3O2/c1-12-15(2-7-17-12)16(20)18-13-3-8-19(9-4-13)14-5-10-21-11-6-14/h2,7,13-14,17H,3-6,8-11H2,1H3,(H,18,20). The summed E-state index contributed by atoms with van der Waals surface area (Å²) in [6, 6.07) is 2.84. The van der Waals surface area contributed by atoms with Gasteiger partial charge in [-0.15, -0.1) is 0 Å². The summed E-state index contributed by atoms with van der Waals surface area (Å²) in [7, 11) is 0. The number of aromatic nitrogens is 1. The lowest BCUT2D eigenvalue weighted by molar-refractivity contribution is 0.0238. The number of piperidine rings is 1. The summed E-state index contributed by atoms with van der Waals surface area (Å²) in [6.45, 7) is 5.90. The Morgan fingerprint density at radius 1 is 1.29 bits per heavy atom. The largest absolute Gasteiger partial charge is 0.381 e. The Kier molecular flexibility index (Phi) is 4.60. The molecule has 3 rings (SSSR count). The smallest absolute Gasteiger partial charge is 0.253 e. The van der Waals surface area contributed by atoms with E-state index in [2.05, 4.69) is 15.2 Å². The molecule has 0 unspecified atom stereocenters. The minimum Gasteiger partial charge on any atom is -0.381 e. The Bertz CT molecular complexity index is 472. The number of amides is 1. The SMILES string of the molecule is Cc1[nH]ccc1C(=O)NC1CCN(C2CCOCC2)CC1. The van der Waals surface area contributed by atoms with Crippen molar-refractivity contribution in [3.63, 3.8) is 0 Å². The molecule has 21 heavy (non-hydrogen) atoms. The molecule has 5 nitrogen and oxygen atoms in total. The quantitative estimate of drug-likeness (QED) is 0.891. The molecule has 116 valence electrons. The third-order valence-electron chi connectivity index (χ3n) is 4.77. The van der Waals surface area contributed by atoms with Crippen LogP contribution in [-0.2, 0) is 4.74 Å². The molecule has 3 heterocycles. The molecule has 2 N–H and O–H groups in total. The van der Waals surface area contributed by atoms with E-state index in [4.69, 9.17) is 4.74 Å². The second-order valence-electron chi connectivity index (χ2n) is 6.14. The minimum atomic E-state index is 0.0540. The van der Waals surface area contributed by atoms with Gasteiger partial charge in [0.25, 0.3) is 5.91 Å². The first-order chi connectivity index (χ1) is 10.2. The lowest BCUT2D eigenvalue weighted by Crippen LogP contribution is -2.49. The van der Waals surface area contributed by atoms with Gasteiger partial charge in [0, 0.05) is 50.3 Å². The van der Waals surface area contributed by atoms with Gasteiger partial charge in [-0.05, 0) is 38.7 Å². The number of ether oxygens (including phenoxy) is 1. The van der Waals surface area contributed by atoms with Crippen molar-refractivity contribution in [1.82, 2.24) is 15.2 Å². The first kappa shape index (κ1) is 14.6. The van der Waals surface area contributed by atoms with Gasteiger partial charge in [0.2, 0.25) is 0 Å². The van der Waals surface area contributed by atoms with Crippen LogP contribution in [0.15, 0.2) is 12.3 Å². The van der Waals surface area contributed by atoms with Crippen molar-refractivity contribution in [3.8, 4) is 0 Å². The summed E-state index contributed by atoms with van der Waals surface area (Å²) in [5.41, 5.74) is 1.70. The predicted octanol–water partition coefficient (Wildman–Crippen LogP) is 1.70. The zero-order valence-electron chi connectivity index (χ0n) is 12.7. The number of carbonyl (C=O) groups excluding carboxylic acids is 1. The fraction of sp³-hybridized carbons (Fsp3) is 0.688. The number of rotatable bonds is 3. The molecule has 0 radical (unpaired) electrons. The van der Waals surface area contributed by atoms with Crippen LogP contribution in [0, 0.1) is 6.92 Å². The van der Waals surface area contributed by atoms with Crippen molar-refractivity contribution in [2.75, 3.05) is 26.3 Å². The zero-order chi connectivity index (χ0) is 14.7. The lowest BCUT2D eigenvalue weighted by Gasteiger charge is -2.39. The second-order valence-corrected chi connectivity index (χ2v) is 6.14. The highest BCUT2D eigenvalue weighted by molar-refractivity contribution is 5.95. The van der Waals surface area contributed by atoms with E-state index in [1.54, 1.807) is 0 Å². The van der Waals surface area contributed by atoms with Crippen LogP contribution in [0.4, 0.5) is 0 Å². The molecular formula is C16H25N3O2. The minimum absolute atomic E-state index is 0.0540. The van der Waals surface area contributed by atoms with Crippen LogP contribution < -0.4 is 5.32 Å². The summed E-state index contributed by atoms with van der Waals surface area (Å²) in [4.78, 5) is 17.8. The van der Waals surface area contributed by atoms with Crippen molar-refractivity contribution >= 4 is 5.91 Å². The van der Waals surface area contributed by atoms with Gasteiger partial charge >= 0.3 is 0 Å². The van der Waals surface area contributed by atoms with Crippen LogP contribution in [0.3, 0.4) is 0 Å². The molecule has 2 fully saturated rings. The number of hydrogen-bond acceptors (Lipinski definition) is 3. The molecule has 2 saturated heterocycles. The first-order valence-electron chi connectivity index (χ1n) is 8.00. The highest BCUT2D eigenvalue weighted by Crippen LogP contribution is 2.20. The third kappa shape index (κ3) is 3.47. The van der Waals surface area contributed by atoms with Gasteiger partial charge in [-0.3, -0.25) is 4.79 Å². The number of carbonyl (C=O) groups is 1. The molecule has 1 amide bonds. The summed E-state index contributed by atoms with van der Waals surface area (Å²) >= 11 is 0. The topological polar surface area (TPSA) is 57.4 Å². The van der Waals surface area contributed by atoms with Gasteiger partial charge in [0.05, 0.1) is 5.56 Å². The fourth-order valence-corrected chi connectivity index (χ4v) is 3.42. The van der Waals surface area contributed by atoms with E-state index in [0.717, 1.165) is 63.2 Å². The van der Waals surface area contributed by atoms with Crippen LogP contribution >= 0.6 is 0 Å². The monoisotopic (exact) mass is 291 g/mol. The number of hydrogen-bond donors (Lipinski definition) is 2. The van der Waals surface area contributed by atoms with Gasteiger partial charge in [0.15, 0.2) is 0 Å². The molecule has 0 aromatic carbocycles. The Morgan fingerprint density at radius 3 is 2.62 bits per heavy atom. The number of nitrogens with zero attached hydrogens (tertiary/aromatic N) is 1. The van der Waals surface area contributed by atoms with Crippen molar-refractivity contribution in [3.05, 3.63) is 23.5 Å². The fourth-order valence-electron chi connectivity index (χ4n) is 3.42. The van der Waals surface area contributed by atoms with Crippen LogP contribution in [0.1, 0.15) is 41.7 Å². The third-order valence-corrected chi connectivity index (χ3v) is 4.77. The summed E-state index contributed by atoms with van der Waals surface area (Å²) < 4.78 is 5.43. The molecule has 0 atom stereocenters. The molecule has 0 saturated carbocycles. The molecular weight excluding hydrogens is 266 g/mol. The van der Waals surface area contributed by atoms with Crippen molar-refractivity contribution in [2.24, 2.45) is 0 Å². The van der Waals surface area contributed by atoms with E-state index in [1.165, 1.54) is 0 Å². The number of H-pyrrole nitrogens is 1. The van der Waals surface area contributed by atoms with Crippen LogP contribution in [0.5, 0.6) is 0 Å². The zero-order valence-corrected chi connectivity index (χ0v) is 12.7. The van der Waals surface area contributed by atoms with Crippen molar-refractivity contribution < 1.29 is 9.53 Å². The summed E-state index contributed by atoms with van der Waals surface area (Å²) in [5, 5.41) is 3.18. The number of aromatic amines is 1. The van der Waals surface area contributed by atoms with Gasteiger partial charge in [0.1, 0.15) is 0 Å². The van der Waals surface area contributed by atoms with E-state index in [0.29, 0.717) is 12.1 Å². The highest BCUT2D eigenvalue weighted by atomic mass is 16.5. The Labute approximate surface area is 126 Å². The maximum absolute atomic E-state index is 12.2. The van der Waals surface area contributed by atoms with Crippen molar-refractivity contribution in [1.29, 1.82) is 0 Å². The predicted molar refractivity (Wildman–Crippen MR) is 81.4 cm³/mol. The number of aryl methyl sites for hydroxylation is 1. The van der Waals surface area contributed by atoms with Gasteiger partial charge in [-0.2, -0.15) is 0 Å². The summed E-state index contributed by atoms with van der Waals surface area (Å²) in [6.07, 6.45) is 6.22. The normalized spacial score (nSPS) is 22.3. The molecule has 0 bridgehead atoms.